The van der Waals surface area contributed by atoms with Crippen molar-refractivity contribution in [1.29, 1.82) is 0 Å². The second kappa shape index (κ2) is 4.13. The molecule has 1 fully saturated rings. The lowest BCUT2D eigenvalue weighted by Gasteiger charge is -2.25. The second-order valence-electron chi connectivity index (χ2n) is 3.13. The summed E-state index contributed by atoms with van der Waals surface area (Å²) in [4.78, 5) is 1.31. The number of thioether (sulfide) groups is 1. The van der Waals surface area contributed by atoms with Crippen LogP contribution in [0, 0.1) is 0 Å². The minimum absolute atomic E-state index is 0.623. The molecular weight excluding hydrogens is 182 g/mol. The molecule has 0 aromatic heterocycles. The first-order chi connectivity index (χ1) is 6.38. The van der Waals surface area contributed by atoms with Crippen molar-refractivity contribution >= 4 is 11.8 Å². The van der Waals surface area contributed by atoms with Crippen LogP contribution in [0.25, 0.3) is 0 Å². The van der Waals surface area contributed by atoms with Crippen molar-refractivity contribution in [2.45, 2.75) is 16.7 Å². The van der Waals surface area contributed by atoms with Crippen molar-refractivity contribution in [3.63, 3.8) is 0 Å². The van der Waals surface area contributed by atoms with Crippen LogP contribution < -0.4 is 5.73 Å². The van der Waals surface area contributed by atoms with Crippen LogP contribution in [0.1, 0.15) is 5.56 Å². The zero-order valence-corrected chi connectivity index (χ0v) is 8.22. The summed E-state index contributed by atoms with van der Waals surface area (Å²) in [5.41, 5.74) is 6.70. The van der Waals surface area contributed by atoms with E-state index in [4.69, 9.17) is 10.5 Å². The first-order valence-corrected chi connectivity index (χ1v) is 5.30. The van der Waals surface area contributed by atoms with Gasteiger partial charge in [-0.05, 0) is 17.7 Å². The molecule has 1 saturated heterocycles. The van der Waals surface area contributed by atoms with Crippen LogP contribution in [-0.2, 0) is 11.3 Å². The predicted octanol–water partition coefficient (Wildman–Crippen LogP) is 1.64. The molecule has 1 aliphatic rings. The molecule has 0 bridgehead atoms. The van der Waals surface area contributed by atoms with E-state index in [1.165, 1.54) is 10.5 Å². The van der Waals surface area contributed by atoms with E-state index in [-0.39, 0.29) is 0 Å². The highest BCUT2D eigenvalue weighted by molar-refractivity contribution is 8.00. The molecule has 2 N–H and O–H groups in total. The van der Waals surface area contributed by atoms with Gasteiger partial charge in [-0.15, -0.1) is 11.8 Å². The second-order valence-corrected chi connectivity index (χ2v) is 4.50. The highest BCUT2D eigenvalue weighted by atomic mass is 32.2. The molecule has 0 unspecified atom stereocenters. The molecule has 0 amide bonds. The summed E-state index contributed by atoms with van der Waals surface area (Å²) >= 11 is 1.88. The Morgan fingerprint density at radius 2 is 2.00 bits per heavy atom. The highest BCUT2D eigenvalue weighted by Gasteiger charge is 2.18. The zero-order valence-electron chi connectivity index (χ0n) is 7.40. The zero-order chi connectivity index (χ0) is 9.10. The summed E-state index contributed by atoms with van der Waals surface area (Å²) in [6, 6.07) is 8.43. The van der Waals surface area contributed by atoms with Gasteiger partial charge in [0, 0.05) is 11.4 Å². The Balaban J connectivity index is 1.96. The number of nitrogens with two attached hydrogens (primary N) is 1. The summed E-state index contributed by atoms with van der Waals surface area (Å²) in [6.07, 6.45) is 0. The van der Waals surface area contributed by atoms with E-state index in [9.17, 15) is 0 Å². The van der Waals surface area contributed by atoms with Gasteiger partial charge in [-0.3, -0.25) is 0 Å². The van der Waals surface area contributed by atoms with Gasteiger partial charge in [0.1, 0.15) is 0 Å². The molecule has 0 spiro atoms. The van der Waals surface area contributed by atoms with E-state index in [0.29, 0.717) is 11.8 Å². The number of rotatable bonds is 3. The molecule has 0 radical (unpaired) electrons. The summed E-state index contributed by atoms with van der Waals surface area (Å²) < 4.78 is 5.11. The van der Waals surface area contributed by atoms with Gasteiger partial charge < -0.3 is 10.5 Å². The molecule has 3 heteroatoms. The number of hydrogen-bond acceptors (Lipinski definition) is 3. The van der Waals surface area contributed by atoms with Gasteiger partial charge in [0.2, 0.25) is 0 Å². The van der Waals surface area contributed by atoms with Crippen LogP contribution >= 0.6 is 11.8 Å². The monoisotopic (exact) mass is 195 g/mol. The molecule has 0 aliphatic carbocycles. The highest BCUT2D eigenvalue weighted by Crippen LogP contribution is 2.27. The molecular formula is C10H13NOS. The van der Waals surface area contributed by atoms with Crippen LogP contribution in [-0.4, -0.2) is 18.5 Å². The van der Waals surface area contributed by atoms with Gasteiger partial charge >= 0.3 is 0 Å². The molecule has 1 aromatic carbocycles. The standard InChI is InChI=1S/C10H13NOS/c11-5-8-1-3-9(4-2-8)13-10-6-12-7-10/h1-4,10H,5-7,11H2. The maximum atomic E-state index is 5.51. The fourth-order valence-electron chi connectivity index (χ4n) is 1.18. The molecule has 1 heterocycles. The summed E-state index contributed by atoms with van der Waals surface area (Å²) in [5.74, 6) is 0. The first-order valence-electron chi connectivity index (χ1n) is 4.42. The van der Waals surface area contributed by atoms with Gasteiger partial charge in [0.05, 0.1) is 18.5 Å². The Bertz CT molecular complexity index is 269. The van der Waals surface area contributed by atoms with Gasteiger partial charge in [-0.25, -0.2) is 0 Å². The molecule has 70 valence electrons. The van der Waals surface area contributed by atoms with Crippen molar-refractivity contribution in [2.75, 3.05) is 13.2 Å². The van der Waals surface area contributed by atoms with E-state index >= 15 is 0 Å². The van der Waals surface area contributed by atoms with Crippen LogP contribution in [0.15, 0.2) is 29.2 Å². The van der Waals surface area contributed by atoms with Crippen molar-refractivity contribution < 1.29 is 4.74 Å². The number of benzene rings is 1. The Morgan fingerprint density at radius 3 is 2.46 bits per heavy atom. The van der Waals surface area contributed by atoms with Crippen molar-refractivity contribution in [3.05, 3.63) is 29.8 Å². The van der Waals surface area contributed by atoms with Crippen LogP contribution in [0.5, 0.6) is 0 Å². The molecule has 2 rings (SSSR count). The van der Waals surface area contributed by atoms with Crippen LogP contribution in [0.2, 0.25) is 0 Å². The van der Waals surface area contributed by atoms with Gasteiger partial charge in [0.25, 0.3) is 0 Å². The summed E-state index contributed by atoms with van der Waals surface area (Å²) in [6.45, 7) is 2.41. The fraction of sp³-hybridized carbons (Fsp3) is 0.400. The van der Waals surface area contributed by atoms with E-state index in [0.717, 1.165) is 13.2 Å². The van der Waals surface area contributed by atoms with Gasteiger partial charge in [0.15, 0.2) is 0 Å². The number of hydrogen-bond donors (Lipinski definition) is 1. The lowest BCUT2D eigenvalue weighted by Crippen LogP contribution is -2.29. The third-order valence-corrected chi connectivity index (χ3v) is 3.22. The average Bonchev–Trinajstić information content (AvgIpc) is 2.12. The number of ether oxygens (including phenoxy) is 1. The maximum absolute atomic E-state index is 5.51. The molecule has 2 nitrogen and oxygen atoms in total. The predicted molar refractivity (Wildman–Crippen MR) is 54.8 cm³/mol. The average molecular weight is 195 g/mol. The summed E-state index contributed by atoms with van der Waals surface area (Å²) in [5, 5.41) is 0.656. The van der Waals surface area contributed by atoms with E-state index in [2.05, 4.69) is 24.3 Å². The van der Waals surface area contributed by atoms with Crippen LogP contribution in [0.3, 0.4) is 0 Å². The molecule has 0 saturated carbocycles. The normalized spacial score (nSPS) is 17.0. The van der Waals surface area contributed by atoms with E-state index in [1.807, 2.05) is 11.8 Å². The Labute approximate surface area is 82.5 Å². The van der Waals surface area contributed by atoms with Crippen LogP contribution in [0.4, 0.5) is 0 Å². The minimum atomic E-state index is 0.623. The maximum Gasteiger partial charge on any atom is 0.0611 e. The first kappa shape index (κ1) is 9.06. The Morgan fingerprint density at radius 1 is 1.31 bits per heavy atom. The van der Waals surface area contributed by atoms with Crippen molar-refractivity contribution in [2.24, 2.45) is 5.73 Å². The van der Waals surface area contributed by atoms with E-state index < -0.39 is 0 Å². The Kier molecular flexibility index (Phi) is 2.88. The lowest BCUT2D eigenvalue weighted by molar-refractivity contribution is 0.0455. The smallest absolute Gasteiger partial charge is 0.0611 e. The fourth-order valence-corrected chi connectivity index (χ4v) is 2.19. The summed E-state index contributed by atoms with van der Waals surface area (Å²) in [7, 11) is 0. The van der Waals surface area contributed by atoms with E-state index in [1.54, 1.807) is 0 Å². The SMILES string of the molecule is NCc1ccc(SC2COC2)cc1. The molecule has 1 aliphatic heterocycles. The van der Waals surface area contributed by atoms with Gasteiger partial charge in [-0.1, -0.05) is 12.1 Å². The minimum Gasteiger partial charge on any atom is -0.379 e. The Hall–Kier alpha value is -0.510. The molecule has 0 atom stereocenters. The third kappa shape index (κ3) is 2.24. The van der Waals surface area contributed by atoms with Gasteiger partial charge in [-0.2, -0.15) is 0 Å². The third-order valence-electron chi connectivity index (χ3n) is 2.07. The molecule has 13 heavy (non-hydrogen) atoms. The topological polar surface area (TPSA) is 35.2 Å². The van der Waals surface area contributed by atoms with Crippen molar-refractivity contribution in [3.8, 4) is 0 Å². The lowest BCUT2D eigenvalue weighted by atomic mass is 10.2. The molecule has 1 aromatic rings. The van der Waals surface area contributed by atoms with Crippen molar-refractivity contribution in [1.82, 2.24) is 0 Å². The quantitative estimate of drug-likeness (QED) is 0.796. The largest absolute Gasteiger partial charge is 0.379 e.